The minimum absolute atomic E-state index is 0. The van der Waals surface area contributed by atoms with Crippen molar-refractivity contribution in [1.82, 2.24) is 15.6 Å². The van der Waals surface area contributed by atoms with Crippen molar-refractivity contribution >= 4 is 53.1 Å². The van der Waals surface area contributed by atoms with Gasteiger partial charge in [0.15, 0.2) is 5.96 Å². The molecule has 0 unspecified atom stereocenters. The summed E-state index contributed by atoms with van der Waals surface area (Å²) in [6.45, 7) is 1.52. The van der Waals surface area contributed by atoms with Gasteiger partial charge in [-0.25, -0.2) is 0 Å². The van der Waals surface area contributed by atoms with E-state index in [2.05, 4.69) is 20.6 Å². The Morgan fingerprint density at radius 2 is 1.83 bits per heavy atom. The fourth-order valence-electron chi connectivity index (χ4n) is 2.12. The van der Waals surface area contributed by atoms with E-state index in [1.54, 1.807) is 19.3 Å². The summed E-state index contributed by atoms with van der Waals surface area (Å²) in [4.78, 5) is 8.50. The number of hydrogen-bond donors (Lipinski definition) is 2. The largest absolute Gasteiger partial charge is 0.356 e. The van der Waals surface area contributed by atoms with Crippen molar-refractivity contribution < 1.29 is 0 Å². The number of guanidine groups is 1. The lowest BCUT2D eigenvalue weighted by Gasteiger charge is -2.12. The maximum Gasteiger partial charge on any atom is 0.190 e. The third-order valence-electron chi connectivity index (χ3n) is 3.33. The van der Waals surface area contributed by atoms with Crippen LogP contribution in [0.5, 0.6) is 0 Å². The van der Waals surface area contributed by atoms with Gasteiger partial charge < -0.3 is 10.6 Å². The van der Waals surface area contributed by atoms with E-state index in [9.17, 15) is 0 Å². The SMILES string of the molecule is CN=C(NCCc1ccccn1)NCCc1ccc(Cl)cc1Cl.I. The Morgan fingerprint density at radius 3 is 2.46 bits per heavy atom. The minimum Gasteiger partial charge on any atom is -0.356 e. The number of aliphatic imine (C=N–C) groups is 1. The molecule has 0 saturated heterocycles. The summed E-state index contributed by atoms with van der Waals surface area (Å²) in [5.41, 5.74) is 2.12. The average Bonchev–Trinajstić information content (AvgIpc) is 2.56. The van der Waals surface area contributed by atoms with Gasteiger partial charge in [0.1, 0.15) is 0 Å². The van der Waals surface area contributed by atoms with Gasteiger partial charge in [0, 0.05) is 48.5 Å². The molecule has 0 amide bonds. The van der Waals surface area contributed by atoms with E-state index in [1.165, 1.54) is 0 Å². The van der Waals surface area contributed by atoms with Gasteiger partial charge in [-0.05, 0) is 36.2 Å². The number of rotatable bonds is 6. The fourth-order valence-corrected chi connectivity index (χ4v) is 2.62. The second-order valence-corrected chi connectivity index (χ2v) is 5.83. The maximum absolute atomic E-state index is 6.17. The van der Waals surface area contributed by atoms with Crippen LogP contribution in [0.25, 0.3) is 0 Å². The molecular weight excluding hydrogens is 458 g/mol. The van der Waals surface area contributed by atoms with Crippen LogP contribution in [-0.2, 0) is 12.8 Å². The van der Waals surface area contributed by atoms with E-state index in [-0.39, 0.29) is 24.0 Å². The summed E-state index contributed by atoms with van der Waals surface area (Å²) in [5.74, 6) is 0.769. The molecule has 0 atom stereocenters. The zero-order valence-electron chi connectivity index (χ0n) is 13.4. The third kappa shape index (κ3) is 7.23. The molecule has 1 aromatic heterocycles. The number of aromatic nitrogens is 1. The van der Waals surface area contributed by atoms with Crippen LogP contribution in [0, 0.1) is 0 Å². The average molecular weight is 479 g/mol. The molecule has 4 nitrogen and oxygen atoms in total. The zero-order chi connectivity index (χ0) is 16.5. The van der Waals surface area contributed by atoms with Crippen LogP contribution < -0.4 is 10.6 Å². The van der Waals surface area contributed by atoms with Crippen molar-refractivity contribution in [1.29, 1.82) is 0 Å². The first-order valence-corrected chi connectivity index (χ1v) is 8.23. The van der Waals surface area contributed by atoms with Gasteiger partial charge in [-0.15, -0.1) is 24.0 Å². The molecule has 0 aliphatic heterocycles. The molecular formula is C17H21Cl2IN4. The molecule has 0 radical (unpaired) electrons. The third-order valence-corrected chi connectivity index (χ3v) is 3.91. The molecule has 0 aliphatic rings. The first-order chi connectivity index (χ1) is 11.2. The Kier molecular flexibility index (Phi) is 10.1. The van der Waals surface area contributed by atoms with E-state index in [0.29, 0.717) is 10.0 Å². The summed E-state index contributed by atoms with van der Waals surface area (Å²) in [6, 6.07) is 11.5. The first kappa shape index (κ1) is 21.0. The quantitative estimate of drug-likeness (QED) is 0.375. The second kappa shape index (κ2) is 11.5. The Bertz CT molecular complexity index is 650. The van der Waals surface area contributed by atoms with E-state index < -0.39 is 0 Å². The molecule has 7 heteroatoms. The molecule has 130 valence electrons. The lowest BCUT2D eigenvalue weighted by Crippen LogP contribution is -2.39. The number of nitrogens with zero attached hydrogens (tertiary/aromatic N) is 2. The molecule has 2 rings (SSSR count). The molecule has 2 N–H and O–H groups in total. The number of nitrogens with one attached hydrogen (secondary N) is 2. The number of hydrogen-bond acceptors (Lipinski definition) is 2. The summed E-state index contributed by atoms with van der Waals surface area (Å²) >= 11 is 12.1. The van der Waals surface area contributed by atoms with Crippen LogP contribution in [-0.4, -0.2) is 31.1 Å². The van der Waals surface area contributed by atoms with Crippen LogP contribution in [0.1, 0.15) is 11.3 Å². The summed E-state index contributed by atoms with van der Waals surface area (Å²) < 4.78 is 0. The molecule has 0 aliphatic carbocycles. The van der Waals surface area contributed by atoms with E-state index >= 15 is 0 Å². The Balaban J connectivity index is 0.00000288. The predicted octanol–water partition coefficient (Wildman–Crippen LogP) is 3.96. The van der Waals surface area contributed by atoms with Gasteiger partial charge in [0.05, 0.1) is 0 Å². The van der Waals surface area contributed by atoms with Crippen molar-refractivity contribution in [3.05, 3.63) is 63.9 Å². The van der Waals surface area contributed by atoms with Crippen LogP contribution in [0.3, 0.4) is 0 Å². The van der Waals surface area contributed by atoms with Gasteiger partial charge in [0.2, 0.25) is 0 Å². The van der Waals surface area contributed by atoms with E-state index in [1.807, 2.05) is 30.3 Å². The van der Waals surface area contributed by atoms with E-state index in [4.69, 9.17) is 23.2 Å². The molecule has 0 saturated carbocycles. The zero-order valence-corrected chi connectivity index (χ0v) is 17.3. The van der Waals surface area contributed by atoms with Crippen molar-refractivity contribution in [2.24, 2.45) is 4.99 Å². The summed E-state index contributed by atoms with van der Waals surface area (Å²) in [7, 11) is 1.76. The Labute approximate surface area is 170 Å². The lowest BCUT2D eigenvalue weighted by atomic mass is 10.1. The van der Waals surface area contributed by atoms with Gasteiger partial charge in [-0.2, -0.15) is 0 Å². The highest BCUT2D eigenvalue weighted by molar-refractivity contribution is 14.0. The second-order valence-electron chi connectivity index (χ2n) is 4.98. The summed E-state index contributed by atoms with van der Waals surface area (Å²) in [6.07, 6.45) is 3.46. The van der Waals surface area contributed by atoms with Gasteiger partial charge in [-0.3, -0.25) is 9.98 Å². The Hall–Kier alpha value is -1.05. The number of benzene rings is 1. The maximum atomic E-state index is 6.17. The van der Waals surface area contributed by atoms with Crippen LogP contribution in [0.15, 0.2) is 47.6 Å². The molecule has 0 fully saturated rings. The Morgan fingerprint density at radius 1 is 1.08 bits per heavy atom. The van der Waals surface area contributed by atoms with Gasteiger partial charge in [-0.1, -0.05) is 35.3 Å². The molecule has 1 aromatic carbocycles. The highest BCUT2D eigenvalue weighted by Crippen LogP contribution is 2.20. The monoisotopic (exact) mass is 478 g/mol. The molecule has 24 heavy (non-hydrogen) atoms. The highest BCUT2D eigenvalue weighted by Gasteiger charge is 2.02. The van der Waals surface area contributed by atoms with Gasteiger partial charge >= 0.3 is 0 Å². The van der Waals surface area contributed by atoms with Crippen molar-refractivity contribution in [2.45, 2.75) is 12.8 Å². The first-order valence-electron chi connectivity index (χ1n) is 7.47. The fraction of sp³-hybridized carbons (Fsp3) is 0.294. The van der Waals surface area contributed by atoms with Crippen LogP contribution in [0.2, 0.25) is 10.0 Å². The normalized spacial score (nSPS) is 10.9. The number of halogens is 3. The van der Waals surface area contributed by atoms with Crippen molar-refractivity contribution in [3.63, 3.8) is 0 Å². The van der Waals surface area contributed by atoms with Crippen LogP contribution >= 0.6 is 47.2 Å². The van der Waals surface area contributed by atoms with Crippen molar-refractivity contribution in [3.8, 4) is 0 Å². The van der Waals surface area contributed by atoms with E-state index in [0.717, 1.165) is 43.1 Å². The smallest absolute Gasteiger partial charge is 0.190 e. The number of pyridine rings is 1. The van der Waals surface area contributed by atoms with Gasteiger partial charge in [0.25, 0.3) is 0 Å². The van der Waals surface area contributed by atoms with Crippen molar-refractivity contribution in [2.75, 3.05) is 20.1 Å². The lowest BCUT2D eigenvalue weighted by molar-refractivity contribution is 0.776. The minimum atomic E-state index is 0. The predicted molar refractivity (Wildman–Crippen MR) is 113 cm³/mol. The van der Waals surface area contributed by atoms with Crippen LogP contribution in [0.4, 0.5) is 0 Å². The standard InChI is InChI=1S/C17H20Cl2N4.HI/c1-20-17(23-11-8-15-4-2-3-9-21-15)22-10-7-13-5-6-14(18)12-16(13)19;/h2-6,9,12H,7-8,10-11H2,1H3,(H2,20,22,23);1H. The topological polar surface area (TPSA) is 49.3 Å². The summed E-state index contributed by atoms with van der Waals surface area (Å²) in [5, 5.41) is 7.89. The molecule has 1 heterocycles. The highest BCUT2D eigenvalue weighted by atomic mass is 127. The molecule has 2 aromatic rings. The molecule has 0 bridgehead atoms. The molecule has 0 spiro atoms.